The Bertz CT molecular complexity index is 3800. The van der Waals surface area contributed by atoms with Crippen LogP contribution in [-0.4, -0.2) is 4.57 Å². The largest absolute Gasteiger partial charge is 0.310 e. The molecule has 0 unspecified atom stereocenters. The maximum atomic E-state index is 2.56. The fourth-order valence-electron chi connectivity index (χ4n) is 12.0. The molecule has 0 bridgehead atoms. The summed E-state index contributed by atoms with van der Waals surface area (Å²) in [5.74, 6) is 0. The van der Waals surface area contributed by atoms with E-state index in [4.69, 9.17) is 0 Å². The van der Waals surface area contributed by atoms with Gasteiger partial charge in [-0.25, -0.2) is 0 Å². The summed E-state index contributed by atoms with van der Waals surface area (Å²) in [7, 11) is 0. The van der Waals surface area contributed by atoms with E-state index in [1.165, 1.54) is 91.5 Å². The van der Waals surface area contributed by atoms with Gasteiger partial charge in [-0.3, -0.25) is 0 Å². The normalized spacial score (nSPS) is 14.4. The van der Waals surface area contributed by atoms with Crippen molar-refractivity contribution >= 4 is 62.4 Å². The van der Waals surface area contributed by atoms with E-state index in [-0.39, 0.29) is 5.41 Å². The summed E-state index contributed by atoms with van der Waals surface area (Å²) in [6.07, 6.45) is 0. The molecule has 1 aliphatic heterocycles. The molecule has 14 rings (SSSR count). The predicted molar refractivity (Wildman–Crippen MR) is 285 cm³/mol. The van der Waals surface area contributed by atoms with Gasteiger partial charge in [-0.2, -0.15) is 0 Å². The summed E-state index contributed by atoms with van der Waals surface area (Å²) < 4.78 is 2.50. The Kier molecular flexibility index (Phi) is 8.75. The van der Waals surface area contributed by atoms with Crippen molar-refractivity contribution in [1.29, 1.82) is 0 Å². The average Bonchev–Trinajstić information content (AvgIpc) is 3.97. The Hall–Kier alpha value is -7.50. The second-order valence-corrected chi connectivity index (χ2v) is 21.0. The fraction of sp³-hybridized carbons (Fsp3) is 0.0625. The zero-order chi connectivity index (χ0) is 45.1. The van der Waals surface area contributed by atoms with Gasteiger partial charge in [-0.15, -0.1) is 0 Å². The predicted octanol–water partition coefficient (Wildman–Crippen LogP) is 17.5. The van der Waals surface area contributed by atoms with E-state index in [0.717, 1.165) is 28.3 Å². The maximum absolute atomic E-state index is 2.56. The zero-order valence-electron chi connectivity index (χ0n) is 37.7. The molecule has 2 heterocycles. The molecule has 0 fully saturated rings. The van der Waals surface area contributed by atoms with Crippen LogP contribution in [0.4, 0.5) is 17.1 Å². The van der Waals surface area contributed by atoms with Gasteiger partial charge in [0.2, 0.25) is 0 Å². The van der Waals surface area contributed by atoms with E-state index in [0.29, 0.717) is 0 Å². The average molecular weight is 905 g/mol. The van der Waals surface area contributed by atoms with E-state index in [1.807, 2.05) is 23.5 Å². The van der Waals surface area contributed by atoms with Crippen LogP contribution in [0.15, 0.2) is 250 Å². The number of anilines is 3. The molecule has 0 saturated heterocycles. The van der Waals surface area contributed by atoms with Gasteiger partial charge in [-0.1, -0.05) is 195 Å². The first kappa shape index (κ1) is 39.6. The summed E-state index contributed by atoms with van der Waals surface area (Å²) in [6.45, 7) is 4.77. The minimum absolute atomic E-state index is 0.177. The minimum atomic E-state index is -0.659. The number of para-hydroxylation sites is 2. The van der Waals surface area contributed by atoms with Crippen LogP contribution in [0.3, 0.4) is 0 Å². The molecule has 0 saturated carbocycles. The molecule has 0 atom stereocenters. The number of nitrogens with zero attached hydrogens (tertiary/aromatic N) is 2. The van der Waals surface area contributed by atoms with Crippen LogP contribution in [0.1, 0.15) is 47.2 Å². The molecule has 322 valence electrons. The Balaban J connectivity index is 1.13. The Morgan fingerprint density at radius 3 is 1.60 bits per heavy atom. The quantitative estimate of drug-likeness (QED) is 0.164. The summed E-state index contributed by atoms with van der Waals surface area (Å²) in [4.78, 5) is 7.70. The zero-order valence-corrected chi connectivity index (χ0v) is 39.3. The van der Waals surface area contributed by atoms with Gasteiger partial charge in [0.15, 0.2) is 0 Å². The van der Waals surface area contributed by atoms with E-state index < -0.39 is 5.41 Å². The second kappa shape index (κ2) is 15.0. The first-order valence-corrected chi connectivity index (χ1v) is 25.1. The highest BCUT2D eigenvalue weighted by atomic mass is 32.2. The Labute approximate surface area is 405 Å². The van der Waals surface area contributed by atoms with Gasteiger partial charge >= 0.3 is 0 Å². The van der Waals surface area contributed by atoms with Crippen molar-refractivity contribution in [2.24, 2.45) is 0 Å². The molecule has 0 spiro atoms. The molecule has 1 aromatic heterocycles. The van der Waals surface area contributed by atoms with Crippen LogP contribution in [0.25, 0.3) is 49.7 Å². The monoisotopic (exact) mass is 904 g/mol. The number of rotatable bonds is 6. The third-order valence-corrected chi connectivity index (χ3v) is 17.4. The highest BCUT2D eigenvalue weighted by Crippen LogP contribution is 2.60. The summed E-state index contributed by atoms with van der Waals surface area (Å²) >= 11 is 3.74. The van der Waals surface area contributed by atoms with Gasteiger partial charge in [-0.05, 0) is 128 Å². The SMILES string of the molecule is CC1(C)c2ccccc2-c2ccc(N(c3ccc4c(c3)Sc3ccccc3S4)c3cc(C4(c5ccccc5)c5ccccc5-c5ccccc54)c4c5ccccc5n(-c5ccccc5)c4c3)cc21. The van der Waals surface area contributed by atoms with Crippen molar-refractivity contribution in [3.05, 3.63) is 264 Å². The first-order chi connectivity index (χ1) is 33.5. The van der Waals surface area contributed by atoms with Crippen LogP contribution >= 0.6 is 23.5 Å². The van der Waals surface area contributed by atoms with Crippen molar-refractivity contribution < 1.29 is 0 Å². The highest BCUT2D eigenvalue weighted by molar-refractivity contribution is 8.05. The van der Waals surface area contributed by atoms with E-state index in [9.17, 15) is 0 Å². The number of hydrogen-bond donors (Lipinski definition) is 0. The number of aromatic nitrogens is 1. The molecule has 2 nitrogen and oxygen atoms in total. The molecular weight excluding hydrogens is 861 g/mol. The lowest BCUT2D eigenvalue weighted by Crippen LogP contribution is -2.29. The van der Waals surface area contributed by atoms with Crippen molar-refractivity contribution in [3.8, 4) is 27.9 Å². The van der Waals surface area contributed by atoms with Crippen molar-refractivity contribution in [2.75, 3.05) is 4.90 Å². The Morgan fingerprint density at radius 2 is 0.882 bits per heavy atom. The van der Waals surface area contributed by atoms with E-state index in [1.54, 1.807) is 0 Å². The molecule has 68 heavy (non-hydrogen) atoms. The van der Waals surface area contributed by atoms with Gasteiger partial charge in [0, 0.05) is 58.5 Å². The fourth-order valence-corrected chi connectivity index (χ4v) is 14.2. The van der Waals surface area contributed by atoms with Crippen LogP contribution in [0.2, 0.25) is 0 Å². The van der Waals surface area contributed by atoms with E-state index >= 15 is 0 Å². The highest BCUT2D eigenvalue weighted by Gasteiger charge is 2.48. The molecule has 0 N–H and O–H groups in total. The standard InChI is InChI=1S/C64H44N2S2/c1-63(2)51-27-13-9-23-46(51)49-35-33-43(37-54(49)63)65(44-34-36-60-61(40-44)68-59-32-18-17-31-58(59)67-60)45-38-55(62-50-26-12-16-30-56(50)66(57(62)39-45)42-21-7-4-8-22-42)64(41-19-5-3-6-20-41)52-28-14-10-24-47(52)48-25-11-15-29-53(48)64/h3-40H,1-2H3. The van der Waals surface area contributed by atoms with Crippen LogP contribution in [0, 0.1) is 0 Å². The minimum Gasteiger partial charge on any atom is -0.310 e. The molecule has 3 aliphatic rings. The molecule has 2 aliphatic carbocycles. The molecular formula is C64H44N2S2. The van der Waals surface area contributed by atoms with Crippen LogP contribution in [0.5, 0.6) is 0 Å². The van der Waals surface area contributed by atoms with Gasteiger partial charge in [0.1, 0.15) is 0 Å². The lowest BCUT2D eigenvalue weighted by atomic mass is 9.66. The van der Waals surface area contributed by atoms with Crippen molar-refractivity contribution in [3.63, 3.8) is 0 Å². The smallest absolute Gasteiger partial charge is 0.0721 e. The molecule has 10 aromatic carbocycles. The van der Waals surface area contributed by atoms with Crippen molar-refractivity contribution in [2.45, 2.75) is 44.3 Å². The second-order valence-electron chi connectivity index (χ2n) is 18.8. The topological polar surface area (TPSA) is 8.17 Å². The van der Waals surface area contributed by atoms with Crippen molar-refractivity contribution in [1.82, 2.24) is 4.57 Å². The Morgan fingerprint density at radius 1 is 0.368 bits per heavy atom. The third-order valence-electron chi connectivity index (χ3n) is 14.9. The molecule has 0 radical (unpaired) electrons. The number of fused-ring (bicyclic) bond motifs is 11. The summed E-state index contributed by atoms with van der Waals surface area (Å²) in [5.41, 5.74) is 19.0. The van der Waals surface area contributed by atoms with Gasteiger partial charge in [0.05, 0.1) is 16.4 Å². The molecule has 11 aromatic rings. The molecule has 4 heteroatoms. The van der Waals surface area contributed by atoms with Crippen LogP contribution in [-0.2, 0) is 10.8 Å². The maximum Gasteiger partial charge on any atom is 0.0721 e. The summed E-state index contributed by atoms with van der Waals surface area (Å²) in [6, 6.07) is 86.6. The van der Waals surface area contributed by atoms with Gasteiger partial charge < -0.3 is 9.47 Å². The third kappa shape index (κ3) is 5.62. The molecule has 0 amide bonds. The lowest BCUT2D eigenvalue weighted by Gasteiger charge is -2.36. The number of hydrogen-bond acceptors (Lipinski definition) is 3. The lowest BCUT2D eigenvalue weighted by molar-refractivity contribution is 0.660. The van der Waals surface area contributed by atoms with Crippen LogP contribution < -0.4 is 4.90 Å². The van der Waals surface area contributed by atoms with E-state index in [2.05, 4.69) is 254 Å². The summed E-state index contributed by atoms with van der Waals surface area (Å²) in [5, 5.41) is 2.48. The van der Waals surface area contributed by atoms with Gasteiger partial charge in [0.25, 0.3) is 0 Å². The number of benzene rings is 10. The first-order valence-electron chi connectivity index (χ1n) is 23.5.